The molecule has 6 heteroatoms. The molecular weight excluding hydrogens is 553 g/mol. The van der Waals surface area contributed by atoms with Crippen LogP contribution < -0.4 is 0 Å². The summed E-state index contributed by atoms with van der Waals surface area (Å²) in [5.41, 5.74) is 1.95. The predicted octanol–water partition coefficient (Wildman–Crippen LogP) is 4.55. The Labute approximate surface area is 145 Å². The summed E-state index contributed by atoms with van der Waals surface area (Å²) in [7, 11) is 1.75. The van der Waals surface area contributed by atoms with Gasteiger partial charge < -0.3 is 0 Å². The molecule has 0 atom stereocenters. The van der Waals surface area contributed by atoms with E-state index in [4.69, 9.17) is 0 Å². The quantitative estimate of drug-likeness (QED) is 0.229. The van der Waals surface area contributed by atoms with Gasteiger partial charge in [0.1, 0.15) is 0 Å². The van der Waals surface area contributed by atoms with Gasteiger partial charge in [-0.05, 0) is 12.1 Å². The van der Waals surface area contributed by atoms with Crippen LogP contribution in [0.1, 0.15) is 0 Å². The fraction of sp³-hybridized carbons (Fsp3) is 0. The van der Waals surface area contributed by atoms with Crippen LogP contribution in [0.25, 0.3) is 21.8 Å². The number of halogens is 2. The van der Waals surface area contributed by atoms with Gasteiger partial charge in [-0.25, -0.2) is 0 Å². The average Bonchev–Trinajstić information content (AvgIpc) is 2.40. The summed E-state index contributed by atoms with van der Waals surface area (Å²) in [6, 6.07) is 12.1. The molecule has 0 fully saturated rings. The molecule has 3 aromatic rings. The minimum Gasteiger partial charge on any atom is -0.254 e. The number of hydrogen-bond acceptors (Lipinski definition) is 2. The topological polar surface area (TPSA) is 25.8 Å². The molecule has 1 radical (unpaired) electrons. The Hall–Kier alpha value is 0.539. The van der Waals surface area contributed by atoms with Crippen molar-refractivity contribution < 1.29 is 25.5 Å². The third-order valence-corrected chi connectivity index (χ3v) is 2.34. The summed E-state index contributed by atoms with van der Waals surface area (Å²) in [6.07, 6.45) is 3.60. The Morgan fingerprint density at radius 2 is 1.17 bits per heavy atom. The van der Waals surface area contributed by atoms with Crippen LogP contribution in [0.4, 0.5) is 0 Å². The van der Waals surface area contributed by atoms with E-state index < -0.39 is 0 Å². The molecular formula is C12H8Cu2I2N2. The van der Waals surface area contributed by atoms with Crippen molar-refractivity contribution in [2.24, 2.45) is 0 Å². The van der Waals surface area contributed by atoms with Crippen LogP contribution in [0.5, 0.6) is 0 Å². The zero-order valence-corrected chi connectivity index (χ0v) is 15.1. The molecule has 2 heterocycles. The fourth-order valence-electron chi connectivity index (χ4n) is 1.68. The molecule has 0 aliphatic rings. The second-order valence-electron chi connectivity index (χ2n) is 3.26. The molecule has 0 N–H and O–H groups in total. The first-order valence-corrected chi connectivity index (χ1v) is 10.8. The zero-order valence-electron chi connectivity index (χ0n) is 8.87. The van der Waals surface area contributed by atoms with Crippen molar-refractivity contribution in [1.82, 2.24) is 9.97 Å². The van der Waals surface area contributed by atoms with Gasteiger partial charge in [0.15, 0.2) is 0 Å². The van der Waals surface area contributed by atoms with Gasteiger partial charge in [-0.15, -0.1) is 0 Å². The van der Waals surface area contributed by atoms with E-state index in [0.29, 0.717) is 0 Å². The van der Waals surface area contributed by atoms with E-state index in [-0.39, 0.29) is 17.1 Å². The first-order chi connectivity index (χ1) is 8.36. The molecule has 0 saturated heterocycles. The molecule has 0 bridgehead atoms. The van der Waals surface area contributed by atoms with Gasteiger partial charge in [0, 0.05) is 40.2 Å². The number of hydrogen-bond donors (Lipinski definition) is 0. The Kier molecular flexibility index (Phi) is 7.98. The zero-order chi connectivity index (χ0) is 12.1. The molecule has 0 saturated carbocycles. The van der Waals surface area contributed by atoms with E-state index in [0.717, 1.165) is 21.8 Å². The maximum atomic E-state index is 4.35. The molecule has 102 valence electrons. The molecule has 18 heavy (non-hydrogen) atoms. The summed E-state index contributed by atoms with van der Waals surface area (Å²) in [5, 5.41) is 2.28. The van der Waals surface area contributed by atoms with E-state index in [1.165, 1.54) is 0 Å². The number of pyridine rings is 2. The Morgan fingerprint density at radius 1 is 0.778 bits per heavy atom. The Bertz CT molecular complexity index is 580. The van der Waals surface area contributed by atoms with Crippen molar-refractivity contribution in [2.75, 3.05) is 0 Å². The van der Waals surface area contributed by atoms with Gasteiger partial charge >= 0.3 is 49.1 Å². The van der Waals surface area contributed by atoms with Gasteiger partial charge in [-0.1, -0.05) is 24.3 Å². The third kappa shape index (κ3) is 4.01. The van der Waals surface area contributed by atoms with E-state index >= 15 is 0 Å². The minimum atomic E-state index is 0. The first-order valence-electron chi connectivity index (χ1n) is 4.76. The average molecular weight is 561 g/mol. The predicted molar refractivity (Wildman–Crippen MR) is 85.1 cm³/mol. The van der Waals surface area contributed by atoms with Crippen molar-refractivity contribution in [2.45, 2.75) is 0 Å². The van der Waals surface area contributed by atoms with E-state index in [1.807, 2.05) is 12.1 Å². The van der Waals surface area contributed by atoms with Crippen LogP contribution in [0, 0.1) is 0 Å². The molecule has 0 aliphatic heterocycles. The van der Waals surface area contributed by atoms with Crippen molar-refractivity contribution in [3.05, 3.63) is 48.8 Å². The largest absolute Gasteiger partial charge is 0.254 e. The van der Waals surface area contributed by atoms with Gasteiger partial charge in [-0.3, -0.25) is 9.97 Å². The fourth-order valence-corrected chi connectivity index (χ4v) is 1.68. The van der Waals surface area contributed by atoms with Crippen LogP contribution in [-0.2, 0) is 25.5 Å². The number of rotatable bonds is 0. The number of aromatic nitrogens is 2. The van der Waals surface area contributed by atoms with E-state index in [1.54, 1.807) is 20.9 Å². The van der Waals surface area contributed by atoms with Crippen LogP contribution in [-0.4, -0.2) is 9.97 Å². The standard InChI is InChI=1S/C12H8N2.2Cu.2HI/c1-3-9-5-6-10-4-2-8-14-12(10)11(9)13-7-1;;;;/h1-8H;;;2*1H/q;;+2;;/p-2. The maximum absolute atomic E-state index is 4.35. The Morgan fingerprint density at radius 3 is 1.56 bits per heavy atom. The summed E-state index contributed by atoms with van der Waals surface area (Å²) < 4.78 is 0. The van der Waals surface area contributed by atoms with Crippen molar-refractivity contribution in [1.29, 1.82) is 0 Å². The van der Waals surface area contributed by atoms with E-state index in [9.17, 15) is 0 Å². The van der Waals surface area contributed by atoms with Crippen LogP contribution in [0.3, 0.4) is 0 Å². The van der Waals surface area contributed by atoms with Gasteiger partial charge in [-0.2, -0.15) is 0 Å². The van der Waals surface area contributed by atoms with Crippen molar-refractivity contribution >= 4 is 62.5 Å². The molecule has 2 aromatic heterocycles. The number of fused-ring (bicyclic) bond motifs is 3. The molecule has 0 unspecified atom stereocenters. The van der Waals surface area contributed by atoms with Crippen molar-refractivity contribution in [3.8, 4) is 0 Å². The molecule has 0 amide bonds. The second kappa shape index (κ2) is 8.66. The molecule has 0 aliphatic carbocycles. The Balaban J connectivity index is 0.000000372. The third-order valence-electron chi connectivity index (χ3n) is 2.34. The SMILES string of the molecule is [Cu].[I][Cu][I].c1cnc2c(c1)ccc1cccnc12. The molecule has 3 rings (SSSR count). The minimum absolute atomic E-state index is 0. The maximum Gasteiger partial charge on any atom is 0.0964 e. The normalized spacial score (nSPS) is 9.67. The number of nitrogens with zero attached hydrogens (tertiary/aromatic N) is 2. The molecule has 1 aromatic carbocycles. The summed E-state index contributed by atoms with van der Waals surface area (Å²) >= 11 is 4.36. The summed E-state index contributed by atoms with van der Waals surface area (Å²) in [6.45, 7) is 0. The van der Waals surface area contributed by atoms with E-state index in [2.05, 4.69) is 74.9 Å². The second-order valence-corrected chi connectivity index (χ2v) is 11.2. The van der Waals surface area contributed by atoms with Gasteiger partial charge in [0.25, 0.3) is 0 Å². The van der Waals surface area contributed by atoms with Gasteiger partial charge in [0.05, 0.1) is 11.0 Å². The van der Waals surface area contributed by atoms with Crippen LogP contribution >= 0.6 is 40.7 Å². The molecule has 2 nitrogen and oxygen atoms in total. The first kappa shape index (κ1) is 16.6. The van der Waals surface area contributed by atoms with Crippen molar-refractivity contribution in [3.63, 3.8) is 0 Å². The monoisotopic (exact) mass is 560 g/mol. The molecule has 0 spiro atoms. The summed E-state index contributed by atoms with van der Waals surface area (Å²) in [4.78, 5) is 8.69. The van der Waals surface area contributed by atoms with Gasteiger partial charge in [0.2, 0.25) is 0 Å². The summed E-state index contributed by atoms with van der Waals surface area (Å²) in [5.74, 6) is 0. The van der Waals surface area contributed by atoms with Crippen LogP contribution in [0.2, 0.25) is 0 Å². The van der Waals surface area contributed by atoms with Crippen LogP contribution in [0.15, 0.2) is 48.8 Å². The number of benzene rings is 1. The smallest absolute Gasteiger partial charge is 0.0964 e.